The smallest absolute Gasteiger partial charge is 0.180 e. The highest BCUT2D eigenvalue weighted by Gasteiger charge is 2.16. The summed E-state index contributed by atoms with van der Waals surface area (Å²) in [4.78, 5) is 0.353. The summed E-state index contributed by atoms with van der Waals surface area (Å²) in [6.07, 6.45) is 0.900. The van der Waals surface area contributed by atoms with Crippen molar-refractivity contribution < 1.29 is 8.42 Å². The quantitative estimate of drug-likeness (QED) is 0.784. The molecule has 5 heteroatoms. The Hall–Kier alpha value is -0.740. The third-order valence-corrected chi connectivity index (χ3v) is 4.96. The van der Waals surface area contributed by atoms with Gasteiger partial charge in [0.15, 0.2) is 9.84 Å². The summed E-state index contributed by atoms with van der Waals surface area (Å²) in [6, 6.07) is 6.97. The Kier molecular flexibility index (Phi) is 6.14. The monoisotopic (exact) mass is 303 g/mol. The molecule has 108 valence electrons. The average Bonchev–Trinajstić information content (AvgIpc) is 2.36. The molecule has 1 N–H and O–H groups in total. The van der Waals surface area contributed by atoms with Crippen molar-refractivity contribution in [1.29, 1.82) is 0 Å². The van der Waals surface area contributed by atoms with E-state index in [0.29, 0.717) is 23.0 Å². The van der Waals surface area contributed by atoms with Crippen LogP contribution in [0.15, 0.2) is 29.2 Å². The van der Waals surface area contributed by atoms with Crippen LogP contribution in [-0.2, 0) is 9.84 Å². The lowest BCUT2D eigenvalue weighted by molar-refractivity contribution is 0.571. The maximum Gasteiger partial charge on any atom is 0.180 e. The Bertz CT molecular complexity index is 500. The molecule has 0 saturated heterocycles. The van der Waals surface area contributed by atoms with Crippen LogP contribution in [0.1, 0.15) is 27.2 Å². The predicted octanol–water partition coefficient (Wildman–Crippen LogP) is 3.55. The molecule has 0 saturated carbocycles. The number of alkyl halides is 1. The fourth-order valence-electron chi connectivity index (χ4n) is 1.85. The van der Waals surface area contributed by atoms with Gasteiger partial charge < -0.3 is 5.32 Å². The van der Waals surface area contributed by atoms with Crippen molar-refractivity contribution >= 4 is 27.1 Å². The summed E-state index contributed by atoms with van der Waals surface area (Å²) in [5.74, 6) is 0.626. The van der Waals surface area contributed by atoms with Gasteiger partial charge in [0.05, 0.1) is 21.7 Å². The van der Waals surface area contributed by atoms with E-state index in [2.05, 4.69) is 19.2 Å². The van der Waals surface area contributed by atoms with Gasteiger partial charge in [-0.05, 0) is 24.5 Å². The highest BCUT2D eigenvalue weighted by molar-refractivity contribution is 7.91. The van der Waals surface area contributed by atoms with E-state index in [1.807, 2.05) is 6.07 Å². The minimum Gasteiger partial charge on any atom is -0.383 e. The normalized spacial score (nSPS) is 13.5. The van der Waals surface area contributed by atoms with Gasteiger partial charge in [0, 0.05) is 6.54 Å². The lowest BCUT2D eigenvalue weighted by Crippen LogP contribution is -2.18. The summed E-state index contributed by atoms with van der Waals surface area (Å²) >= 11 is 6.21. The Balaban J connectivity index is 2.80. The van der Waals surface area contributed by atoms with Crippen molar-refractivity contribution in [3.63, 3.8) is 0 Å². The van der Waals surface area contributed by atoms with Gasteiger partial charge in [-0.25, -0.2) is 8.42 Å². The highest BCUT2D eigenvalue weighted by Crippen LogP contribution is 2.22. The summed E-state index contributed by atoms with van der Waals surface area (Å²) in [7, 11) is -3.21. The zero-order chi connectivity index (χ0) is 14.5. The van der Waals surface area contributed by atoms with Crippen molar-refractivity contribution in [2.75, 3.05) is 17.6 Å². The van der Waals surface area contributed by atoms with Crippen LogP contribution < -0.4 is 5.32 Å². The Morgan fingerprint density at radius 2 is 1.89 bits per heavy atom. The standard InChI is InChI=1S/C14H22ClNO2S/c1-4-19(17,18)14-8-6-5-7-13(14)16-10-12(15)9-11(2)3/h5-8,11-12,16H,4,9-10H2,1-3H3. The molecule has 0 amide bonds. The van der Waals surface area contributed by atoms with E-state index in [1.165, 1.54) is 0 Å². The zero-order valence-electron chi connectivity index (χ0n) is 11.7. The molecule has 3 nitrogen and oxygen atoms in total. The molecule has 1 aromatic carbocycles. The maximum atomic E-state index is 12.0. The summed E-state index contributed by atoms with van der Waals surface area (Å²) in [6.45, 7) is 6.45. The molecule has 0 aliphatic heterocycles. The van der Waals surface area contributed by atoms with Gasteiger partial charge in [-0.15, -0.1) is 11.6 Å². The SMILES string of the molecule is CCS(=O)(=O)c1ccccc1NCC(Cl)CC(C)C. The third kappa shape index (κ3) is 5.03. The van der Waals surface area contributed by atoms with Gasteiger partial charge >= 0.3 is 0 Å². The fraction of sp³-hybridized carbons (Fsp3) is 0.571. The van der Waals surface area contributed by atoms with Gasteiger partial charge in [0.25, 0.3) is 0 Å². The highest BCUT2D eigenvalue weighted by atomic mass is 35.5. The molecule has 0 bridgehead atoms. The molecule has 1 aromatic rings. The predicted molar refractivity (Wildman–Crippen MR) is 81.8 cm³/mol. The van der Waals surface area contributed by atoms with Crippen molar-refractivity contribution in [3.05, 3.63) is 24.3 Å². The van der Waals surface area contributed by atoms with Crippen molar-refractivity contribution in [1.82, 2.24) is 0 Å². The van der Waals surface area contributed by atoms with Crippen molar-refractivity contribution in [3.8, 4) is 0 Å². The number of hydrogen-bond acceptors (Lipinski definition) is 3. The van der Waals surface area contributed by atoms with E-state index in [1.54, 1.807) is 25.1 Å². The van der Waals surface area contributed by atoms with Crippen molar-refractivity contribution in [2.45, 2.75) is 37.5 Å². The molecule has 1 unspecified atom stereocenters. The van der Waals surface area contributed by atoms with Gasteiger partial charge in [0.2, 0.25) is 0 Å². The molecule has 0 heterocycles. The zero-order valence-corrected chi connectivity index (χ0v) is 13.3. The molecule has 0 fully saturated rings. The second kappa shape index (κ2) is 7.15. The average molecular weight is 304 g/mol. The largest absolute Gasteiger partial charge is 0.383 e. The first-order valence-corrected chi connectivity index (χ1v) is 8.65. The van der Waals surface area contributed by atoms with Crippen LogP contribution in [0, 0.1) is 5.92 Å². The molecule has 0 aliphatic carbocycles. The lowest BCUT2D eigenvalue weighted by Gasteiger charge is -2.16. The van der Waals surface area contributed by atoms with Crippen LogP contribution in [0.25, 0.3) is 0 Å². The molecule has 19 heavy (non-hydrogen) atoms. The second-order valence-corrected chi connectivity index (χ2v) is 7.87. The first kappa shape index (κ1) is 16.3. The second-order valence-electron chi connectivity index (χ2n) is 5.01. The molecule has 0 aromatic heterocycles. The summed E-state index contributed by atoms with van der Waals surface area (Å²) in [5, 5.41) is 3.15. The molecule has 0 radical (unpaired) electrons. The van der Waals surface area contributed by atoms with Gasteiger partial charge in [0.1, 0.15) is 0 Å². The summed E-state index contributed by atoms with van der Waals surface area (Å²) < 4.78 is 23.9. The fourth-order valence-corrected chi connectivity index (χ4v) is 3.36. The molecule has 1 atom stereocenters. The molecule has 0 aliphatic rings. The number of sulfone groups is 1. The Morgan fingerprint density at radius 3 is 2.47 bits per heavy atom. The number of para-hydroxylation sites is 1. The lowest BCUT2D eigenvalue weighted by atomic mass is 10.1. The van der Waals surface area contributed by atoms with Crippen molar-refractivity contribution in [2.24, 2.45) is 5.92 Å². The maximum absolute atomic E-state index is 12.0. The van der Waals surface area contributed by atoms with Gasteiger partial charge in [-0.1, -0.05) is 32.9 Å². The van der Waals surface area contributed by atoms with Gasteiger partial charge in [-0.2, -0.15) is 0 Å². The number of hydrogen-bond donors (Lipinski definition) is 1. The van der Waals surface area contributed by atoms with Crippen LogP contribution in [0.5, 0.6) is 0 Å². The number of nitrogens with one attached hydrogen (secondary N) is 1. The van der Waals surface area contributed by atoms with Crippen LogP contribution in [-0.4, -0.2) is 26.1 Å². The first-order valence-electron chi connectivity index (χ1n) is 6.56. The van der Waals surface area contributed by atoms with Crippen LogP contribution in [0.3, 0.4) is 0 Å². The molecular formula is C14H22ClNO2S. The van der Waals surface area contributed by atoms with Crippen LogP contribution in [0.4, 0.5) is 5.69 Å². The van der Waals surface area contributed by atoms with E-state index in [4.69, 9.17) is 11.6 Å². The third-order valence-electron chi connectivity index (χ3n) is 2.84. The number of benzene rings is 1. The summed E-state index contributed by atoms with van der Waals surface area (Å²) in [5.41, 5.74) is 0.638. The minimum absolute atomic E-state index is 0.00242. The van der Waals surface area contributed by atoms with Crippen LogP contribution >= 0.6 is 11.6 Å². The number of halogens is 1. The number of rotatable bonds is 7. The first-order chi connectivity index (χ1) is 8.86. The Morgan fingerprint density at radius 1 is 1.26 bits per heavy atom. The number of anilines is 1. The minimum atomic E-state index is -3.21. The van der Waals surface area contributed by atoms with E-state index >= 15 is 0 Å². The Labute approximate surface area is 121 Å². The van der Waals surface area contributed by atoms with E-state index in [9.17, 15) is 8.42 Å². The topological polar surface area (TPSA) is 46.2 Å². The molecular weight excluding hydrogens is 282 g/mol. The molecule has 0 spiro atoms. The van der Waals surface area contributed by atoms with E-state index in [-0.39, 0.29) is 11.1 Å². The van der Waals surface area contributed by atoms with Gasteiger partial charge in [-0.3, -0.25) is 0 Å². The van der Waals surface area contributed by atoms with E-state index < -0.39 is 9.84 Å². The van der Waals surface area contributed by atoms with E-state index in [0.717, 1.165) is 6.42 Å². The van der Waals surface area contributed by atoms with Crippen LogP contribution in [0.2, 0.25) is 0 Å². The molecule has 1 rings (SSSR count).